The maximum atomic E-state index is 5.63. The fourth-order valence-corrected chi connectivity index (χ4v) is 1.49. The first-order valence-electron chi connectivity index (χ1n) is 4.44. The third-order valence-corrected chi connectivity index (χ3v) is 2.30. The van der Waals surface area contributed by atoms with Gasteiger partial charge in [0.05, 0.1) is 12.8 Å². The molecule has 2 rings (SSSR count). The molecule has 0 aliphatic heterocycles. The first-order valence-corrected chi connectivity index (χ1v) is 4.44. The first-order chi connectivity index (χ1) is 6.36. The van der Waals surface area contributed by atoms with Gasteiger partial charge in [0, 0.05) is 18.0 Å². The predicted octanol–water partition coefficient (Wildman–Crippen LogP) is 0.821. The zero-order valence-corrected chi connectivity index (χ0v) is 7.66. The van der Waals surface area contributed by atoms with Crippen LogP contribution in [-0.2, 0) is 6.54 Å². The van der Waals surface area contributed by atoms with Crippen molar-refractivity contribution < 1.29 is 4.74 Å². The van der Waals surface area contributed by atoms with Crippen LogP contribution in [0.5, 0.6) is 5.88 Å². The summed E-state index contributed by atoms with van der Waals surface area (Å²) in [4.78, 5) is 8.27. The van der Waals surface area contributed by atoms with Gasteiger partial charge in [0.1, 0.15) is 6.33 Å². The van der Waals surface area contributed by atoms with E-state index in [1.165, 1.54) is 12.8 Å². The van der Waals surface area contributed by atoms with E-state index in [4.69, 9.17) is 10.5 Å². The maximum absolute atomic E-state index is 5.63. The fourth-order valence-electron chi connectivity index (χ4n) is 1.49. The SMILES string of the molecule is COc1ncnc(C2CC2)c1CN. The molecule has 70 valence electrons. The number of aromatic nitrogens is 2. The van der Waals surface area contributed by atoms with Gasteiger partial charge in [-0.3, -0.25) is 0 Å². The molecular formula is C9H13N3O. The zero-order valence-electron chi connectivity index (χ0n) is 7.66. The molecule has 1 aromatic heterocycles. The lowest BCUT2D eigenvalue weighted by atomic mass is 10.1. The Morgan fingerprint density at radius 1 is 1.54 bits per heavy atom. The Kier molecular flexibility index (Phi) is 2.14. The number of methoxy groups -OCH3 is 1. The lowest BCUT2D eigenvalue weighted by molar-refractivity contribution is 0.390. The van der Waals surface area contributed by atoms with Crippen molar-refractivity contribution in [2.24, 2.45) is 5.73 Å². The minimum atomic E-state index is 0.454. The van der Waals surface area contributed by atoms with Crippen LogP contribution < -0.4 is 10.5 Å². The fraction of sp³-hybridized carbons (Fsp3) is 0.556. The zero-order chi connectivity index (χ0) is 9.26. The second-order valence-corrected chi connectivity index (χ2v) is 3.23. The normalized spacial score (nSPS) is 15.8. The summed E-state index contributed by atoms with van der Waals surface area (Å²) in [5.74, 6) is 1.22. The van der Waals surface area contributed by atoms with Crippen LogP contribution >= 0.6 is 0 Å². The monoisotopic (exact) mass is 179 g/mol. The van der Waals surface area contributed by atoms with Crippen LogP contribution in [0.25, 0.3) is 0 Å². The Balaban J connectivity index is 2.41. The summed E-state index contributed by atoms with van der Waals surface area (Å²) in [5, 5.41) is 0. The van der Waals surface area contributed by atoms with Gasteiger partial charge in [0.2, 0.25) is 5.88 Å². The summed E-state index contributed by atoms with van der Waals surface area (Å²) in [6.07, 6.45) is 3.98. The van der Waals surface area contributed by atoms with Crippen molar-refractivity contribution in [3.8, 4) is 5.88 Å². The number of hydrogen-bond acceptors (Lipinski definition) is 4. The third kappa shape index (κ3) is 1.49. The Hall–Kier alpha value is -1.16. The molecule has 0 spiro atoms. The van der Waals surface area contributed by atoms with Crippen LogP contribution in [0.4, 0.5) is 0 Å². The highest BCUT2D eigenvalue weighted by Gasteiger charge is 2.28. The quantitative estimate of drug-likeness (QED) is 0.746. The number of nitrogens with two attached hydrogens (primary N) is 1. The molecule has 1 aliphatic rings. The van der Waals surface area contributed by atoms with Crippen LogP contribution in [0.3, 0.4) is 0 Å². The van der Waals surface area contributed by atoms with Crippen molar-refractivity contribution in [1.29, 1.82) is 0 Å². The van der Waals surface area contributed by atoms with Gasteiger partial charge in [0.15, 0.2) is 0 Å². The molecule has 0 amide bonds. The van der Waals surface area contributed by atoms with Crippen molar-refractivity contribution in [2.45, 2.75) is 25.3 Å². The molecule has 1 aromatic rings. The van der Waals surface area contributed by atoms with Crippen molar-refractivity contribution >= 4 is 0 Å². The molecule has 0 radical (unpaired) electrons. The van der Waals surface area contributed by atoms with E-state index in [2.05, 4.69) is 9.97 Å². The minimum Gasteiger partial charge on any atom is -0.481 e. The Morgan fingerprint density at radius 2 is 2.31 bits per heavy atom. The largest absolute Gasteiger partial charge is 0.481 e. The summed E-state index contributed by atoms with van der Waals surface area (Å²) in [6.45, 7) is 0.454. The van der Waals surface area contributed by atoms with Crippen molar-refractivity contribution in [3.63, 3.8) is 0 Å². The molecule has 0 aromatic carbocycles. The molecule has 0 saturated heterocycles. The van der Waals surface area contributed by atoms with Gasteiger partial charge < -0.3 is 10.5 Å². The molecule has 0 atom stereocenters. The molecule has 4 heteroatoms. The third-order valence-electron chi connectivity index (χ3n) is 2.30. The molecule has 0 bridgehead atoms. The van der Waals surface area contributed by atoms with Gasteiger partial charge in [-0.1, -0.05) is 0 Å². The van der Waals surface area contributed by atoms with Gasteiger partial charge in [-0.25, -0.2) is 9.97 Å². The second kappa shape index (κ2) is 3.30. The van der Waals surface area contributed by atoms with Gasteiger partial charge in [-0.05, 0) is 12.8 Å². The highest BCUT2D eigenvalue weighted by atomic mass is 16.5. The maximum Gasteiger partial charge on any atom is 0.220 e. The van der Waals surface area contributed by atoms with Gasteiger partial charge in [-0.15, -0.1) is 0 Å². The molecule has 2 N–H and O–H groups in total. The van der Waals surface area contributed by atoms with Crippen LogP contribution in [0, 0.1) is 0 Å². The van der Waals surface area contributed by atoms with Crippen molar-refractivity contribution in [2.75, 3.05) is 7.11 Å². The average Bonchev–Trinajstić information content (AvgIpc) is 2.99. The van der Waals surface area contributed by atoms with Crippen molar-refractivity contribution in [3.05, 3.63) is 17.6 Å². The topological polar surface area (TPSA) is 61.0 Å². The second-order valence-electron chi connectivity index (χ2n) is 3.23. The number of ether oxygens (including phenoxy) is 1. The standard InChI is InChI=1S/C9H13N3O/c1-13-9-7(4-10)8(6-2-3-6)11-5-12-9/h5-6H,2-4,10H2,1H3. The summed E-state index contributed by atoms with van der Waals surface area (Å²) in [5.41, 5.74) is 7.68. The van der Waals surface area contributed by atoms with Gasteiger partial charge in [-0.2, -0.15) is 0 Å². The van der Waals surface area contributed by atoms with Crippen LogP contribution in [0.1, 0.15) is 30.0 Å². The summed E-state index contributed by atoms with van der Waals surface area (Å²) >= 11 is 0. The number of rotatable bonds is 3. The highest BCUT2D eigenvalue weighted by Crippen LogP contribution is 2.41. The summed E-state index contributed by atoms with van der Waals surface area (Å²) < 4.78 is 5.12. The smallest absolute Gasteiger partial charge is 0.220 e. The van der Waals surface area contributed by atoms with Crippen molar-refractivity contribution in [1.82, 2.24) is 9.97 Å². The Labute approximate surface area is 77.1 Å². The summed E-state index contributed by atoms with van der Waals surface area (Å²) in [6, 6.07) is 0. The predicted molar refractivity (Wildman–Crippen MR) is 48.5 cm³/mol. The lowest BCUT2D eigenvalue weighted by Crippen LogP contribution is -2.07. The molecular weight excluding hydrogens is 166 g/mol. The van der Waals surface area contributed by atoms with E-state index < -0.39 is 0 Å². The lowest BCUT2D eigenvalue weighted by Gasteiger charge is -2.08. The minimum absolute atomic E-state index is 0.454. The molecule has 1 fully saturated rings. The van der Waals surface area contributed by atoms with Crippen LogP contribution in [0.15, 0.2) is 6.33 Å². The van der Waals surface area contributed by atoms with Crippen LogP contribution in [-0.4, -0.2) is 17.1 Å². The summed E-state index contributed by atoms with van der Waals surface area (Å²) in [7, 11) is 1.61. The number of nitrogens with zero attached hydrogens (tertiary/aromatic N) is 2. The molecule has 1 heterocycles. The Bertz CT molecular complexity index is 310. The first kappa shape index (κ1) is 8.44. The molecule has 1 aliphatic carbocycles. The van der Waals surface area contributed by atoms with Gasteiger partial charge >= 0.3 is 0 Å². The van der Waals surface area contributed by atoms with E-state index >= 15 is 0 Å². The molecule has 1 saturated carbocycles. The average molecular weight is 179 g/mol. The Morgan fingerprint density at radius 3 is 2.85 bits per heavy atom. The van der Waals surface area contributed by atoms with E-state index in [0.717, 1.165) is 11.3 Å². The van der Waals surface area contributed by atoms with Gasteiger partial charge in [0.25, 0.3) is 0 Å². The molecule has 4 nitrogen and oxygen atoms in total. The van der Waals surface area contributed by atoms with E-state index in [1.54, 1.807) is 13.4 Å². The van der Waals surface area contributed by atoms with E-state index in [1.807, 2.05) is 0 Å². The van der Waals surface area contributed by atoms with Crippen LogP contribution in [0.2, 0.25) is 0 Å². The van der Waals surface area contributed by atoms with E-state index in [9.17, 15) is 0 Å². The van der Waals surface area contributed by atoms with E-state index in [-0.39, 0.29) is 0 Å². The molecule has 13 heavy (non-hydrogen) atoms. The highest BCUT2D eigenvalue weighted by molar-refractivity contribution is 5.33. The molecule has 0 unspecified atom stereocenters. The number of hydrogen-bond donors (Lipinski definition) is 1. The van der Waals surface area contributed by atoms with E-state index in [0.29, 0.717) is 18.3 Å².